The highest BCUT2D eigenvalue weighted by Gasteiger charge is 2.21. The first-order valence-corrected chi connectivity index (χ1v) is 7.88. The number of carbonyl (C=O) groups is 1. The lowest BCUT2D eigenvalue weighted by molar-refractivity contribution is -0.907. The van der Waals surface area contributed by atoms with Gasteiger partial charge in [0.1, 0.15) is 25.8 Å². The summed E-state index contributed by atoms with van der Waals surface area (Å²) in [6.07, 6.45) is 0.411. The van der Waals surface area contributed by atoms with Crippen molar-refractivity contribution in [2.24, 2.45) is 0 Å². The second-order valence-electron chi connectivity index (χ2n) is 5.66. The summed E-state index contributed by atoms with van der Waals surface area (Å²) < 4.78 is 16.8. The van der Waals surface area contributed by atoms with Gasteiger partial charge in [0, 0.05) is 0 Å². The summed E-state index contributed by atoms with van der Waals surface area (Å²) in [5.41, 5.74) is 0. The highest BCUT2D eigenvalue weighted by Crippen LogP contribution is 2.30. The van der Waals surface area contributed by atoms with Crippen molar-refractivity contribution in [3.63, 3.8) is 0 Å². The number of morpholine rings is 1. The summed E-state index contributed by atoms with van der Waals surface area (Å²) >= 11 is 0. The summed E-state index contributed by atoms with van der Waals surface area (Å²) in [7, 11) is 0. The van der Waals surface area contributed by atoms with Gasteiger partial charge in [-0.2, -0.15) is 0 Å². The monoisotopic (exact) mass is 307 g/mol. The molecule has 22 heavy (non-hydrogen) atoms. The number of quaternary nitrogens is 1. The Labute approximate surface area is 130 Å². The van der Waals surface area contributed by atoms with Gasteiger partial charge in [-0.25, -0.2) is 0 Å². The first-order valence-electron chi connectivity index (χ1n) is 7.88. The third-order valence-corrected chi connectivity index (χ3v) is 4.00. The largest absolute Gasteiger partial charge is 0.486 e. The molecule has 0 aromatic heterocycles. The molecule has 6 nitrogen and oxygen atoms in total. The van der Waals surface area contributed by atoms with Gasteiger partial charge in [-0.1, -0.05) is 12.1 Å². The molecule has 1 fully saturated rings. The maximum absolute atomic E-state index is 11.9. The van der Waals surface area contributed by atoms with E-state index in [9.17, 15) is 4.79 Å². The molecule has 0 bridgehead atoms. The summed E-state index contributed by atoms with van der Waals surface area (Å²) in [6, 6.07) is 7.59. The molecule has 1 unspecified atom stereocenters. The van der Waals surface area contributed by atoms with E-state index in [-0.39, 0.29) is 12.0 Å². The van der Waals surface area contributed by atoms with Crippen molar-refractivity contribution in [3.8, 4) is 11.5 Å². The van der Waals surface area contributed by atoms with E-state index in [0.717, 1.165) is 44.3 Å². The highest BCUT2D eigenvalue weighted by atomic mass is 16.6. The van der Waals surface area contributed by atoms with Crippen LogP contribution in [0.3, 0.4) is 0 Å². The van der Waals surface area contributed by atoms with Crippen LogP contribution in [-0.2, 0) is 9.53 Å². The van der Waals surface area contributed by atoms with E-state index in [0.29, 0.717) is 19.6 Å². The third-order valence-electron chi connectivity index (χ3n) is 4.00. The molecule has 3 rings (SSSR count). The van der Waals surface area contributed by atoms with Crippen molar-refractivity contribution in [1.82, 2.24) is 5.32 Å². The molecule has 2 heterocycles. The number of hydrogen-bond acceptors (Lipinski definition) is 4. The van der Waals surface area contributed by atoms with E-state index < -0.39 is 0 Å². The average Bonchev–Trinajstić information content (AvgIpc) is 2.59. The fraction of sp³-hybridized carbons (Fsp3) is 0.562. The lowest BCUT2D eigenvalue weighted by Crippen LogP contribution is -3.14. The quantitative estimate of drug-likeness (QED) is 0.751. The van der Waals surface area contributed by atoms with Crippen LogP contribution in [0.4, 0.5) is 0 Å². The van der Waals surface area contributed by atoms with Crippen LogP contribution in [0.5, 0.6) is 11.5 Å². The van der Waals surface area contributed by atoms with E-state index >= 15 is 0 Å². The molecule has 0 saturated carbocycles. The minimum absolute atomic E-state index is 0.0708. The normalized spacial score (nSPS) is 21.4. The summed E-state index contributed by atoms with van der Waals surface area (Å²) in [5.74, 6) is 1.58. The van der Waals surface area contributed by atoms with Crippen LogP contribution in [0.15, 0.2) is 24.3 Å². The Hall–Kier alpha value is -1.79. The van der Waals surface area contributed by atoms with Crippen LogP contribution in [0.25, 0.3) is 0 Å². The van der Waals surface area contributed by atoms with Crippen LogP contribution in [0.1, 0.15) is 6.42 Å². The zero-order valence-corrected chi connectivity index (χ0v) is 12.7. The summed E-state index contributed by atoms with van der Waals surface area (Å²) in [5, 5.41) is 2.93. The van der Waals surface area contributed by atoms with E-state index in [1.807, 2.05) is 24.3 Å². The molecule has 120 valence electrons. The zero-order valence-electron chi connectivity index (χ0n) is 12.7. The van der Waals surface area contributed by atoms with E-state index in [1.54, 1.807) is 0 Å². The number of nitrogens with one attached hydrogen (secondary N) is 2. The molecule has 1 atom stereocenters. The second kappa shape index (κ2) is 7.47. The number of ether oxygens (including phenoxy) is 3. The predicted octanol–water partition coefficient (Wildman–Crippen LogP) is -0.752. The Morgan fingerprint density at radius 3 is 2.82 bits per heavy atom. The molecule has 0 spiro atoms. The van der Waals surface area contributed by atoms with Crippen molar-refractivity contribution in [1.29, 1.82) is 0 Å². The fourth-order valence-corrected chi connectivity index (χ4v) is 2.68. The van der Waals surface area contributed by atoms with Crippen LogP contribution >= 0.6 is 0 Å². The van der Waals surface area contributed by atoms with Crippen molar-refractivity contribution >= 4 is 5.91 Å². The Bertz CT molecular complexity index is 503. The predicted molar refractivity (Wildman–Crippen MR) is 80.4 cm³/mol. The number of fused-ring (bicyclic) bond motifs is 1. The van der Waals surface area contributed by atoms with Gasteiger partial charge >= 0.3 is 0 Å². The van der Waals surface area contributed by atoms with Gasteiger partial charge in [0.15, 0.2) is 11.5 Å². The molecule has 2 aliphatic rings. The summed E-state index contributed by atoms with van der Waals surface area (Å²) in [6.45, 7) is 5.37. The maximum atomic E-state index is 11.9. The molecule has 0 radical (unpaired) electrons. The number of rotatable bonds is 5. The van der Waals surface area contributed by atoms with Crippen LogP contribution in [0, 0.1) is 0 Å². The van der Waals surface area contributed by atoms with Crippen LogP contribution in [0.2, 0.25) is 0 Å². The lowest BCUT2D eigenvalue weighted by Gasteiger charge is -2.26. The number of carbonyl (C=O) groups excluding carboxylic acids is 1. The highest BCUT2D eigenvalue weighted by molar-refractivity contribution is 5.75. The maximum Gasteiger partial charge on any atom is 0.225 e. The first kappa shape index (κ1) is 15.1. The number of hydrogen-bond donors (Lipinski definition) is 2. The SMILES string of the molecule is O=C(CC[NH+]1CCOCC1)NCC1COc2ccccc2O1. The molecular weight excluding hydrogens is 284 g/mol. The van der Waals surface area contributed by atoms with Gasteiger partial charge in [0.2, 0.25) is 5.91 Å². The Kier molecular flexibility index (Phi) is 5.13. The molecule has 2 N–H and O–H groups in total. The number of para-hydroxylation sites is 2. The smallest absolute Gasteiger partial charge is 0.225 e. The first-order chi connectivity index (χ1) is 10.8. The van der Waals surface area contributed by atoms with Crippen molar-refractivity contribution in [2.45, 2.75) is 12.5 Å². The zero-order chi connectivity index (χ0) is 15.2. The van der Waals surface area contributed by atoms with Gasteiger partial charge in [-0.3, -0.25) is 4.79 Å². The number of amides is 1. The Balaban J connectivity index is 1.37. The molecule has 2 aliphatic heterocycles. The molecule has 1 amide bonds. The Morgan fingerprint density at radius 1 is 1.23 bits per heavy atom. The lowest BCUT2D eigenvalue weighted by atomic mass is 10.2. The topological polar surface area (TPSA) is 61.2 Å². The Morgan fingerprint density at radius 2 is 2.00 bits per heavy atom. The average molecular weight is 307 g/mol. The van der Waals surface area contributed by atoms with Crippen molar-refractivity contribution in [3.05, 3.63) is 24.3 Å². The standard InChI is InChI=1S/C16H22N2O4/c19-16(5-6-18-7-9-20-10-8-18)17-11-13-12-21-14-3-1-2-4-15(14)22-13/h1-4,13H,5-12H2,(H,17,19)/p+1. The minimum atomic E-state index is -0.130. The molecule has 0 aliphatic carbocycles. The third kappa shape index (κ3) is 4.11. The molecule has 1 aromatic carbocycles. The molecule has 6 heteroatoms. The van der Waals surface area contributed by atoms with Crippen LogP contribution < -0.4 is 19.7 Å². The molecular formula is C16H23N2O4+. The van der Waals surface area contributed by atoms with E-state index in [1.165, 1.54) is 4.90 Å². The number of benzene rings is 1. The van der Waals surface area contributed by atoms with Crippen LogP contribution in [-0.4, -0.2) is 58.0 Å². The van der Waals surface area contributed by atoms with Gasteiger partial charge in [-0.05, 0) is 12.1 Å². The summed E-state index contributed by atoms with van der Waals surface area (Å²) in [4.78, 5) is 13.4. The van der Waals surface area contributed by atoms with E-state index in [4.69, 9.17) is 14.2 Å². The van der Waals surface area contributed by atoms with Gasteiger partial charge in [-0.15, -0.1) is 0 Å². The van der Waals surface area contributed by atoms with Crippen molar-refractivity contribution in [2.75, 3.05) is 46.0 Å². The van der Waals surface area contributed by atoms with E-state index in [2.05, 4.69) is 5.32 Å². The molecule has 1 saturated heterocycles. The van der Waals surface area contributed by atoms with Gasteiger partial charge < -0.3 is 24.4 Å². The molecule has 1 aromatic rings. The van der Waals surface area contributed by atoms with Gasteiger partial charge in [0.25, 0.3) is 0 Å². The van der Waals surface area contributed by atoms with Gasteiger partial charge in [0.05, 0.1) is 32.7 Å². The fourth-order valence-electron chi connectivity index (χ4n) is 2.68. The van der Waals surface area contributed by atoms with Crippen molar-refractivity contribution < 1.29 is 23.9 Å². The second-order valence-corrected chi connectivity index (χ2v) is 5.66. The minimum Gasteiger partial charge on any atom is -0.486 e.